The van der Waals surface area contributed by atoms with Crippen molar-refractivity contribution in [2.75, 3.05) is 16.8 Å². The third-order valence-corrected chi connectivity index (χ3v) is 3.35. The Labute approximate surface area is 106 Å². The lowest BCUT2D eigenvalue weighted by molar-refractivity contribution is 0.910. The topological polar surface area (TPSA) is 50.9 Å². The van der Waals surface area contributed by atoms with E-state index in [0.717, 1.165) is 17.2 Å². The highest BCUT2D eigenvalue weighted by atomic mass is 32.2. The fourth-order valence-electron chi connectivity index (χ4n) is 1.32. The second-order valence-corrected chi connectivity index (χ2v) is 5.23. The summed E-state index contributed by atoms with van der Waals surface area (Å²) in [6, 6.07) is 4.21. The van der Waals surface area contributed by atoms with Gasteiger partial charge in [0.25, 0.3) is 0 Å². The summed E-state index contributed by atoms with van der Waals surface area (Å²) in [6.07, 6.45) is 1.70. The van der Waals surface area contributed by atoms with Crippen LogP contribution in [0, 0.1) is 0 Å². The van der Waals surface area contributed by atoms with Gasteiger partial charge in [-0.25, -0.2) is 0 Å². The highest BCUT2D eigenvalue weighted by Gasteiger charge is 2.08. The highest BCUT2D eigenvalue weighted by molar-refractivity contribution is 7.99. The standard InChI is InChI=1S/C11H17N3S2/c1-3-16-7-8(2)14-9-5-4-6-13-10(9)11(12)15/h4-6,8,14H,3,7H2,1-2H3,(H2,12,15). The quantitative estimate of drug-likeness (QED) is 0.764. The molecule has 1 heterocycles. The van der Waals surface area contributed by atoms with Crippen LogP contribution in [0.3, 0.4) is 0 Å². The molecule has 3 N–H and O–H groups in total. The van der Waals surface area contributed by atoms with Crippen LogP contribution in [0.5, 0.6) is 0 Å². The average Bonchev–Trinajstić information content (AvgIpc) is 2.27. The second-order valence-electron chi connectivity index (χ2n) is 3.47. The van der Waals surface area contributed by atoms with Gasteiger partial charge in [0, 0.05) is 18.0 Å². The van der Waals surface area contributed by atoms with Crippen LogP contribution >= 0.6 is 24.0 Å². The molecule has 0 amide bonds. The van der Waals surface area contributed by atoms with Crippen molar-refractivity contribution in [1.29, 1.82) is 0 Å². The molecule has 3 nitrogen and oxygen atoms in total. The maximum absolute atomic E-state index is 5.61. The minimum absolute atomic E-state index is 0.332. The van der Waals surface area contributed by atoms with Crippen LogP contribution in [-0.2, 0) is 0 Å². The largest absolute Gasteiger partial charge is 0.388 e. The average molecular weight is 255 g/mol. The first-order chi connectivity index (χ1) is 7.65. The number of anilines is 1. The normalized spacial score (nSPS) is 12.1. The van der Waals surface area contributed by atoms with Gasteiger partial charge in [0.05, 0.1) is 5.69 Å². The first-order valence-electron chi connectivity index (χ1n) is 5.24. The van der Waals surface area contributed by atoms with Crippen LogP contribution in [0.1, 0.15) is 19.5 Å². The van der Waals surface area contributed by atoms with Gasteiger partial charge in [0.15, 0.2) is 0 Å². The van der Waals surface area contributed by atoms with Gasteiger partial charge >= 0.3 is 0 Å². The molecule has 0 spiro atoms. The van der Waals surface area contributed by atoms with Gasteiger partial charge < -0.3 is 11.1 Å². The van der Waals surface area contributed by atoms with Crippen molar-refractivity contribution in [3.63, 3.8) is 0 Å². The Morgan fingerprint density at radius 1 is 1.69 bits per heavy atom. The molecule has 0 fully saturated rings. The Kier molecular flexibility index (Phi) is 5.55. The lowest BCUT2D eigenvalue weighted by Crippen LogP contribution is -2.22. The molecule has 1 rings (SSSR count). The molecule has 1 atom stereocenters. The summed E-state index contributed by atoms with van der Waals surface area (Å²) in [5, 5.41) is 3.38. The fourth-order valence-corrected chi connectivity index (χ4v) is 2.16. The second kappa shape index (κ2) is 6.70. The minimum atomic E-state index is 0.332. The molecule has 0 radical (unpaired) electrons. The molecular formula is C11H17N3S2. The van der Waals surface area contributed by atoms with E-state index in [-0.39, 0.29) is 0 Å². The van der Waals surface area contributed by atoms with Crippen molar-refractivity contribution in [3.8, 4) is 0 Å². The number of hydrogen-bond donors (Lipinski definition) is 2. The molecule has 88 valence electrons. The minimum Gasteiger partial charge on any atom is -0.388 e. The van der Waals surface area contributed by atoms with E-state index in [4.69, 9.17) is 18.0 Å². The predicted octanol–water partition coefficient (Wildman–Crippen LogP) is 2.27. The molecule has 0 aromatic carbocycles. The van der Waals surface area contributed by atoms with E-state index >= 15 is 0 Å². The number of nitrogens with zero attached hydrogens (tertiary/aromatic N) is 1. The van der Waals surface area contributed by atoms with Crippen molar-refractivity contribution in [2.24, 2.45) is 5.73 Å². The van der Waals surface area contributed by atoms with E-state index in [0.29, 0.717) is 16.7 Å². The zero-order valence-corrected chi connectivity index (χ0v) is 11.2. The molecule has 16 heavy (non-hydrogen) atoms. The van der Waals surface area contributed by atoms with Crippen molar-refractivity contribution in [1.82, 2.24) is 4.98 Å². The molecule has 0 aliphatic carbocycles. The first-order valence-corrected chi connectivity index (χ1v) is 6.80. The molecule has 0 saturated carbocycles. The van der Waals surface area contributed by atoms with Gasteiger partial charge in [0.1, 0.15) is 10.7 Å². The Balaban J connectivity index is 2.69. The Morgan fingerprint density at radius 2 is 2.44 bits per heavy atom. The number of aromatic nitrogens is 1. The maximum Gasteiger partial charge on any atom is 0.124 e. The van der Waals surface area contributed by atoms with Gasteiger partial charge in [-0.2, -0.15) is 11.8 Å². The summed E-state index contributed by atoms with van der Waals surface area (Å²) in [5.41, 5.74) is 7.20. The molecule has 0 saturated heterocycles. The monoisotopic (exact) mass is 255 g/mol. The summed E-state index contributed by atoms with van der Waals surface area (Å²) in [4.78, 5) is 4.51. The van der Waals surface area contributed by atoms with Crippen molar-refractivity contribution >= 4 is 34.7 Å². The lowest BCUT2D eigenvalue weighted by atomic mass is 10.2. The van der Waals surface area contributed by atoms with Crippen LogP contribution in [0.15, 0.2) is 18.3 Å². The van der Waals surface area contributed by atoms with Gasteiger partial charge in [-0.1, -0.05) is 19.1 Å². The number of nitrogens with two attached hydrogens (primary N) is 1. The van der Waals surface area contributed by atoms with Crippen molar-refractivity contribution in [3.05, 3.63) is 24.0 Å². The molecule has 1 unspecified atom stereocenters. The van der Waals surface area contributed by atoms with E-state index in [1.165, 1.54) is 0 Å². The number of thiocarbonyl (C=S) groups is 1. The zero-order chi connectivity index (χ0) is 12.0. The summed E-state index contributed by atoms with van der Waals surface area (Å²) in [6.45, 7) is 4.29. The Morgan fingerprint density at radius 3 is 3.06 bits per heavy atom. The van der Waals surface area contributed by atoms with Crippen LogP contribution < -0.4 is 11.1 Å². The number of nitrogens with one attached hydrogen (secondary N) is 1. The number of thioether (sulfide) groups is 1. The third-order valence-electron chi connectivity index (χ3n) is 2.01. The molecule has 0 aliphatic heterocycles. The Hall–Kier alpha value is -0.810. The van der Waals surface area contributed by atoms with Crippen molar-refractivity contribution in [2.45, 2.75) is 19.9 Å². The predicted molar refractivity (Wildman–Crippen MR) is 76.2 cm³/mol. The SMILES string of the molecule is CCSCC(C)Nc1cccnc1C(N)=S. The number of hydrogen-bond acceptors (Lipinski definition) is 4. The van der Waals surface area contributed by atoms with Gasteiger partial charge in [-0.3, -0.25) is 4.98 Å². The summed E-state index contributed by atoms with van der Waals surface area (Å²) in [5.74, 6) is 2.18. The van der Waals surface area contributed by atoms with Gasteiger partial charge in [-0.15, -0.1) is 0 Å². The van der Waals surface area contributed by atoms with E-state index in [9.17, 15) is 0 Å². The van der Waals surface area contributed by atoms with E-state index < -0.39 is 0 Å². The van der Waals surface area contributed by atoms with Crippen LogP contribution in [0.2, 0.25) is 0 Å². The summed E-state index contributed by atoms with van der Waals surface area (Å²) in [7, 11) is 0. The third kappa shape index (κ3) is 3.98. The van der Waals surface area contributed by atoms with E-state index in [2.05, 4.69) is 24.1 Å². The molecule has 1 aromatic rings. The Bertz CT molecular complexity index is 355. The first kappa shape index (κ1) is 13.3. The van der Waals surface area contributed by atoms with Gasteiger partial charge in [0.2, 0.25) is 0 Å². The van der Waals surface area contributed by atoms with Crippen molar-refractivity contribution < 1.29 is 0 Å². The molecule has 1 aromatic heterocycles. The molecule has 0 bridgehead atoms. The smallest absolute Gasteiger partial charge is 0.124 e. The van der Waals surface area contributed by atoms with Crippen LogP contribution in [-0.4, -0.2) is 27.5 Å². The lowest BCUT2D eigenvalue weighted by Gasteiger charge is -2.16. The van der Waals surface area contributed by atoms with E-state index in [1.54, 1.807) is 6.20 Å². The van der Waals surface area contributed by atoms with Gasteiger partial charge in [-0.05, 0) is 24.8 Å². The maximum atomic E-state index is 5.61. The van der Waals surface area contributed by atoms with E-state index in [1.807, 2.05) is 23.9 Å². The summed E-state index contributed by atoms with van der Waals surface area (Å²) >= 11 is 6.86. The van der Waals surface area contributed by atoms with Crippen LogP contribution in [0.4, 0.5) is 5.69 Å². The fraction of sp³-hybridized carbons (Fsp3) is 0.455. The number of rotatable bonds is 6. The zero-order valence-electron chi connectivity index (χ0n) is 9.56. The molecule has 0 aliphatic rings. The molecular weight excluding hydrogens is 238 g/mol. The summed E-state index contributed by atoms with van der Waals surface area (Å²) < 4.78 is 0. The highest BCUT2D eigenvalue weighted by Crippen LogP contribution is 2.14. The molecule has 5 heteroatoms. The van der Waals surface area contributed by atoms with Crippen LogP contribution in [0.25, 0.3) is 0 Å². The number of pyridine rings is 1.